The van der Waals surface area contributed by atoms with Gasteiger partial charge in [-0.05, 0) is 62.7 Å². The van der Waals surface area contributed by atoms with Crippen molar-refractivity contribution in [3.63, 3.8) is 0 Å². The molecule has 1 amide bonds. The molecule has 0 atom stereocenters. The van der Waals surface area contributed by atoms with Crippen molar-refractivity contribution in [3.8, 4) is 22.6 Å². The Labute approximate surface area is 189 Å². The number of aromatic nitrogens is 1. The Balaban J connectivity index is 1.36. The highest BCUT2D eigenvalue weighted by molar-refractivity contribution is 5.84. The van der Waals surface area contributed by atoms with E-state index in [1.54, 1.807) is 12.0 Å². The molecule has 0 radical (unpaired) electrons. The summed E-state index contributed by atoms with van der Waals surface area (Å²) in [5.41, 5.74) is 2.59. The lowest BCUT2D eigenvalue weighted by atomic mass is 10.0. The van der Waals surface area contributed by atoms with Gasteiger partial charge in [-0.15, -0.1) is 0 Å². The van der Waals surface area contributed by atoms with Gasteiger partial charge in [-0.3, -0.25) is 4.98 Å². The molecule has 0 N–H and O–H groups in total. The van der Waals surface area contributed by atoms with Crippen molar-refractivity contribution in [1.29, 1.82) is 0 Å². The first-order valence-corrected chi connectivity index (χ1v) is 11.0. The van der Waals surface area contributed by atoms with Gasteiger partial charge in [0.1, 0.15) is 23.2 Å². The van der Waals surface area contributed by atoms with Gasteiger partial charge in [-0.2, -0.15) is 0 Å². The molecular formula is C26H30N2O4. The van der Waals surface area contributed by atoms with Crippen LogP contribution >= 0.6 is 0 Å². The maximum absolute atomic E-state index is 12.2. The van der Waals surface area contributed by atoms with Gasteiger partial charge in [-0.1, -0.05) is 12.1 Å². The van der Waals surface area contributed by atoms with Gasteiger partial charge >= 0.3 is 6.09 Å². The number of hydrogen-bond acceptors (Lipinski definition) is 5. The summed E-state index contributed by atoms with van der Waals surface area (Å²) in [6, 6.07) is 16.1. The van der Waals surface area contributed by atoms with Gasteiger partial charge in [-0.25, -0.2) is 4.79 Å². The molecule has 2 aromatic carbocycles. The van der Waals surface area contributed by atoms with Gasteiger partial charge in [0.05, 0.1) is 12.6 Å². The van der Waals surface area contributed by atoms with Crippen LogP contribution in [-0.4, -0.2) is 47.9 Å². The van der Waals surface area contributed by atoms with Gasteiger partial charge in [0, 0.05) is 43.1 Å². The second-order valence-corrected chi connectivity index (χ2v) is 9.09. The van der Waals surface area contributed by atoms with E-state index in [9.17, 15) is 4.79 Å². The highest BCUT2D eigenvalue weighted by Crippen LogP contribution is 2.28. The predicted octanol–water partition coefficient (Wildman–Crippen LogP) is 5.69. The van der Waals surface area contributed by atoms with Crippen LogP contribution in [0.4, 0.5) is 4.79 Å². The van der Waals surface area contributed by atoms with Crippen molar-refractivity contribution in [2.24, 2.45) is 0 Å². The van der Waals surface area contributed by atoms with Crippen molar-refractivity contribution in [3.05, 3.63) is 54.7 Å². The van der Waals surface area contributed by atoms with Gasteiger partial charge in [0.25, 0.3) is 0 Å². The molecule has 32 heavy (non-hydrogen) atoms. The molecule has 3 aromatic rings. The number of rotatable bonds is 4. The van der Waals surface area contributed by atoms with Crippen LogP contribution in [0.1, 0.15) is 33.6 Å². The number of fused-ring (bicyclic) bond motifs is 1. The summed E-state index contributed by atoms with van der Waals surface area (Å²) in [5.74, 6) is 1.65. The molecule has 6 nitrogen and oxygen atoms in total. The average molecular weight is 435 g/mol. The Morgan fingerprint density at radius 3 is 2.31 bits per heavy atom. The zero-order valence-electron chi connectivity index (χ0n) is 19.1. The average Bonchev–Trinajstić information content (AvgIpc) is 2.78. The minimum absolute atomic E-state index is 0.0920. The summed E-state index contributed by atoms with van der Waals surface area (Å²) in [4.78, 5) is 18.5. The van der Waals surface area contributed by atoms with Crippen LogP contribution in [0.3, 0.4) is 0 Å². The summed E-state index contributed by atoms with van der Waals surface area (Å²) >= 11 is 0. The molecule has 1 aromatic heterocycles. The molecule has 4 rings (SSSR count). The maximum Gasteiger partial charge on any atom is 0.410 e. The van der Waals surface area contributed by atoms with E-state index in [4.69, 9.17) is 14.2 Å². The van der Waals surface area contributed by atoms with E-state index >= 15 is 0 Å². The Bertz CT molecular complexity index is 1080. The summed E-state index contributed by atoms with van der Waals surface area (Å²) < 4.78 is 16.9. The SMILES string of the molecule is COc1ccc2ncc(-c3ccc(OC4CCN(C(=O)OC(C)(C)C)CC4)cc3)cc2c1. The smallest absolute Gasteiger partial charge is 0.410 e. The van der Waals surface area contributed by atoms with Crippen molar-refractivity contribution >= 4 is 17.0 Å². The Kier molecular flexibility index (Phi) is 6.21. The predicted molar refractivity (Wildman–Crippen MR) is 125 cm³/mol. The molecule has 0 spiro atoms. The Morgan fingerprint density at radius 2 is 1.66 bits per heavy atom. The molecule has 2 heterocycles. The number of hydrogen-bond donors (Lipinski definition) is 0. The van der Waals surface area contributed by atoms with E-state index in [1.165, 1.54) is 0 Å². The molecule has 1 saturated heterocycles. The first-order valence-electron chi connectivity index (χ1n) is 11.0. The number of carbonyl (C=O) groups is 1. The first kappa shape index (κ1) is 21.9. The molecule has 0 saturated carbocycles. The molecule has 0 unspecified atom stereocenters. The Morgan fingerprint density at radius 1 is 0.969 bits per heavy atom. The third kappa shape index (κ3) is 5.31. The highest BCUT2D eigenvalue weighted by Gasteiger charge is 2.27. The molecular weight excluding hydrogens is 404 g/mol. The zero-order valence-corrected chi connectivity index (χ0v) is 19.1. The van der Waals surface area contributed by atoms with Crippen LogP contribution in [0.15, 0.2) is 54.7 Å². The van der Waals surface area contributed by atoms with Crippen LogP contribution in [-0.2, 0) is 4.74 Å². The van der Waals surface area contributed by atoms with Crippen LogP contribution in [0, 0.1) is 0 Å². The van der Waals surface area contributed by atoms with E-state index in [0.29, 0.717) is 13.1 Å². The van der Waals surface area contributed by atoms with Crippen molar-refractivity contribution in [2.45, 2.75) is 45.3 Å². The topological polar surface area (TPSA) is 60.9 Å². The number of nitrogens with zero attached hydrogens (tertiary/aromatic N) is 2. The fourth-order valence-corrected chi connectivity index (χ4v) is 3.80. The van der Waals surface area contributed by atoms with E-state index in [1.807, 2.05) is 69.4 Å². The van der Waals surface area contributed by atoms with Crippen LogP contribution in [0.2, 0.25) is 0 Å². The van der Waals surface area contributed by atoms with Crippen molar-refractivity contribution in [1.82, 2.24) is 9.88 Å². The number of methoxy groups -OCH3 is 1. The minimum Gasteiger partial charge on any atom is -0.497 e. The standard InChI is InChI=1S/C26H30N2O4/c1-26(2,3)32-25(29)28-13-11-22(12-14-28)31-21-7-5-18(6-8-21)20-15-19-16-23(30-4)9-10-24(19)27-17-20/h5-10,15-17,22H,11-14H2,1-4H3. The van der Waals surface area contributed by atoms with Crippen molar-refractivity contribution in [2.75, 3.05) is 20.2 Å². The van der Waals surface area contributed by atoms with Crippen LogP contribution < -0.4 is 9.47 Å². The number of pyridine rings is 1. The van der Waals surface area contributed by atoms with Crippen molar-refractivity contribution < 1.29 is 19.0 Å². The zero-order chi connectivity index (χ0) is 22.7. The third-order valence-electron chi connectivity index (χ3n) is 5.47. The normalized spacial score (nSPS) is 14.9. The van der Waals surface area contributed by atoms with E-state index in [2.05, 4.69) is 11.1 Å². The molecule has 6 heteroatoms. The molecule has 1 fully saturated rings. The summed E-state index contributed by atoms with van der Waals surface area (Å²) in [7, 11) is 1.67. The molecule has 0 aliphatic carbocycles. The number of benzene rings is 2. The van der Waals surface area contributed by atoms with Gasteiger partial charge in [0.15, 0.2) is 0 Å². The second kappa shape index (κ2) is 9.07. The molecule has 1 aliphatic heterocycles. The van der Waals surface area contributed by atoms with E-state index < -0.39 is 5.60 Å². The lowest BCUT2D eigenvalue weighted by Gasteiger charge is -2.33. The molecule has 0 bridgehead atoms. The monoisotopic (exact) mass is 434 g/mol. The maximum atomic E-state index is 12.2. The molecule has 168 valence electrons. The number of likely N-dealkylation sites (tertiary alicyclic amines) is 1. The lowest BCUT2D eigenvalue weighted by molar-refractivity contribution is 0.0126. The van der Waals surface area contributed by atoms with E-state index in [-0.39, 0.29) is 12.2 Å². The summed E-state index contributed by atoms with van der Waals surface area (Å²) in [6.07, 6.45) is 3.31. The quantitative estimate of drug-likeness (QED) is 0.528. The van der Waals surface area contributed by atoms with Crippen LogP contribution in [0.25, 0.3) is 22.0 Å². The van der Waals surface area contributed by atoms with Gasteiger partial charge < -0.3 is 19.1 Å². The summed E-state index contributed by atoms with van der Waals surface area (Å²) in [5, 5.41) is 1.04. The van der Waals surface area contributed by atoms with Crippen LogP contribution in [0.5, 0.6) is 11.5 Å². The number of amides is 1. The lowest BCUT2D eigenvalue weighted by Crippen LogP contribution is -2.44. The highest BCUT2D eigenvalue weighted by atomic mass is 16.6. The largest absolute Gasteiger partial charge is 0.497 e. The fourth-order valence-electron chi connectivity index (χ4n) is 3.80. The minimum atomic E-state index is -0.473. The molecule has 1 aliphatic rings. The summed E-state index contributed by atoms with van der Waals surface area (Å²) in [6.45, 7) is 6.94. The Hall–Kier alpha value is -3.28. The second-order valence-electron chi connectivity index (χ2n) is 9.09. The number of piperidine rings is 1. The fraction of sp³-hybridized carbons (Fsp3) is 0.385. The first-order chi connectivity index (χ1) is 15.3. The number of carbonyl (C=O) groups excluding carboxylic acids is 1. The number of ether oxygens (including phenoxy) is 3. The third-order valence-corrected chi connectivity index (χ3v) is 5.47. The van der Waals surface area contributed by atoms with Gasteiger partial charge in [0.2, 0.25) is 0 Å². The van der Waals surface area contributed by atoms with E-state index in [0.717, 1.165) is 46.4 Å².